The predicted molar refractivity (Wildman–Crippen MR) is 89.1 cm³/mol. The van der Waals surface area contributed by atoms with Crippen molar-refractivity contribution < 1.29 is 4.74 Å². The molecule has 1 heterocycles. The van der Waals surface area contributed by atoms with E-state index in [2.05, 4.69) is 47.7 Å². The highest BCUT2D eigenvalue weighted by Crippen LogP contribution is 2.26. The van der Waals surface area contributed by atoms with Gasteiger partial charge in [-0.1, -0.05) is 19.1 Å². The third-order valence-corrected chi connectivity index (χ3v) is 4.09. The van der Waals surface area contributed by atoms with Crippen molar-refractivity contribution in [2.75, 3.05) is 19.9 Å². The number of hydrogen-bond acceptors (Lipinski definition) is 4. The van der Waals surface area contributed by atoms with Crippen molar-refractivity contribution in [2.24, 2.45) is 0 Å². The summed E-state index contributed by atoms with van der Waals surface area (Å²) >= 11 is 1.76. The minimum atomic E-state index is 0.142. The zero-order chi connectivity index (χ0) is 15.1. The summed E-state index contributed by atoms with van der Waals surface area (Å²) < 4.78 is 5.29. The highest BCUT2D eigenvalue weighted by Gasteiger charge is 2.14. The second-order valence-electron chi connectivity index (χ2n) is 4.82. The molecule has 0 bridgehead atoms. The number of rotatable bonds is 7. The van der Waals surface area contributed by atoms with Crippen LogP contribution in [0.15, 0.2) is 47.6 Å². The fourth-order valence-electron chi connectivity index (χ4n) is 2.22. The summed E-state index contributed by atoms with van der Waals surface area (Å²) in [5, 5.41) is 3.59. The van der Waals surface area contributed by atoms with E-state index in [-0.39, 0.29) is 6.04 Å². The Hall–Kier alpha value is -1.52. The van der Waals surface area contributed by atoms with Crippen LogP contribution >= 0.6 is 11.8 Å². The zero-order valence-electron chi connectivity index (χ0n) is 12.8. The average molecular weight is 302 g/mol. The summed E-state index contributed by atoms with van der Waals surface area (Å²) in [6, 6.07) is 10.9. The first-order valence-corrected chi connectivity index (χ1v) is 8.37. The molecule has 0 saturated heterocycles. The van der Waals surface area contributed by atoms with E-state index in [1.54, 1.807) is 25.1 Å². The maximum absolute atomic E-state index is 5.29. The van der Waals surface area contributed by atoms with E-state index in [1.807, 2.05) is 12.3 Å². The molecule has 0 aliphatic rings. The number of nitrogens with zero attached hydrogens (tertiary/aromatic N) is 1. The molecule has 2 rings (SSSR count). The molecule has 0 aliphatic carbocycles. The lowest BCUT2D eigenvalue weighted by molar-refractivity contribution is 0.411. The summed E-state index contributed by atoms with van der Waals surface area (Å²) in [4.78, 5) is 5.55. The molecule has 0 fully saturated rings. The van der Waals surface area contributed by atoms with Crippen molar-refractivity contribution in [3.8, 4) is 5.75 Å². The van der Waals surface area contributed by atoms with E-state index < -0.39 is 0 Å². The monoisotopic (exact) mass is 302 g/mol. The predicted octanol–water partition coefficient (Wildman–Crippen LogP) is 3.90. The van der Waals surface area contributed by atoms with Crippen molar-refractivity contribution in [2.45, 2.75) is 24.3 Å². The molecule has 1 atom stereocenters. The standard InChI is InChI=1S/C17H22N2OS/c1-4-9-19-17(13-5-7-16(21-3)8-6-13)14-10-15(20-2)12-18-11-14/h5-8,10-12,17,19H,4,9H2,1-3H3. The van der Waals surface area contributed by atoms with Gasteiger partial charge in [0, 0.05) is 11.1 Å². The summed E-state index contributed by atoms with van der Waals surface area (Å²) in [7, 11) is 1.67. The lowest BCUT2D eigenvalue weighted by atomic mass is 10.00. The van der Waals surface area contributed by atoms with Crippen molar-refractivity contribution in [1.82, 2.24) is 10.3 Å². The van der Waals surface area contributed by atoms with E-state index in [0.29, 0.717) is 0 Å². The molecular formula is C17H22N2OS. The molecular weight excluding hydrogens is 280 g/mol. The Kier molecular flexibility index (Phi) is 6.08. The molecule has 0 aliphatic heterocycles. The molecule has 1 aromatic carbocycles. The Balaban J connectivity index is 2.31. The fourth-order valence-corrected chi connectivity index (χ4v) is 2.63. The van der Waals surface area contributed by atoms with Gasteiger partial charge in [-0.2, -0.15) is 0 Å². The molecule has 1 aromatic heterocycles. The Morgan fingerprint density at radius 3 is 2.57 bits per heavy atom. The normalized spacial score (nSPS) is 12.1. The summed E-state index contributed by atoms with van der Waals surface area (Å²) in [5.41, 5.74) is 2.37. The highest BCUT2D eigenvalue weighted by molar-refractivity contribution is 7.98. The SMILES string of the molecule is CCCNC(c1ccc(SC)cc1)c1cncc(OC)c1. The van der Waals surface area contributed by atoms with Crippen molar-refractivity contribution in [1.29, 1.82) is 0 Å². The van der Waals surface area contributed by atoms with E-state index in [0.717, 1.165) is 24.3 Å². The maximum Gasteiger partial charge on any atom is 0.137 e. The van der Waals surface area contributed by atoms with Gasteiger partial charge in [-0.25, -0.2) is 0 Å². The van der Waals surface area contributed by atoms with Gasteiger partial charge >= 0.3 is 0 Å². The largest absolute Gasteiger partial charge is 0.495 e. The fraction of sp³-hybridized carbons (Fsp3) is 0.353. The van der Waals surface area contributed by atoms with Gasteiger partial charge in [0.05, 0.1) is 19.3 Å². The van der Waals surface area contributed by atoms with Gasteiger partial charge in [0.15, 0.2) is 0 Å². The summed E-state index contributed by atoms with van der Waals surface area (Å²) in [6.07, 6.45) is 6.82. The molecule has 1 unspecified atom stereocenters. The van der Waals surface area contributed by atoms with E-state index >= 15 is 0 Å². The quantitative estimate of drug-likeness (QED) is 0.787. The van der Waals surface area contributed by atoms with E-state index in [4.69, 9.17) is 4.74 Å². The number of pyridine rings is 1. The molecule has 0 saturated carbocycles. The van der Waals surface area contributed by atoms with Gasteiger partial charge in [0.25, 0.3) is 0 Å². The van der Waals surface area contributed by atoms with Gasteiger partial charge in [-0.3, -0.25) is 4.98 Å². The topological polar surface area (TPSA) is 34.2 Å². The van der Waals surface area contributed by atoms with Crippen LogP contribution in [0.3, 0.4) is 0 Å². The van der Waals surface area contributed by atoms with Gasteiger partial charge < -0.3 is 10.1 Å². The van der Waals surface area contributed by atoms with Crippen LogP contribution in [-0.4, -0.2) is 24.9 Å². The first-order chi connectivity index (χ1) is 10.3. The Bertz CT molecular complexity index is 557. The molecule has 3 nitrogen and oxygen atoms in total. The van der Waals surface area contributed by atoms with Crippen molar-refractivity contribution in [3.05, 3.63) is 53.9 Å². The Labute approximate surface area is 131 Å². The maximum atomic E-state index is 5.29. The summed E-state index contributed by atoms with van der Waals surface area (Å²) in [6.45, 7) is 3.14. The molecule has 0 radical (unpaired) electrons. The Morgan fingerprint density at radius 1 is 1.19 bits per heavy atom. The number of ether oxygens (including phenoxy) is 1. The second-order valence-corrected chi connectivity index (χ2v) is 5.70. The number of nitrogens with one attached hydrogen (secondary N) is 1. The number of aromatic nitrogens is 1. The molecule has 2 aromatic rings. The zero-order valence-corrected chi connectivity index (χ0v) is 13.6. The lowest BCUT2D eigenvalue weighted by Gasteiger charge is -2.20. The minimum Gasteiger partial charge on any atom is -0.495 e. The van der Waals surface area contributed by atoms with Gasteiger partial charge in [0.1, 0.15) is 5.75 Å². The Morgan fingerprint density at radius 2 is 1.95 bits per heavy atom. The number of methoxy groups -OCH3 is 1. The smallest absolute Gasteiger partial charge is 0.137 e. The second kappa shape index (κ2) is 8.05. The third-order valence-electron chi connectivity index (χ3n) is 3.35. The van der Waals surface area contributed by atoms with Crippen LogP contribution in [-0.2, 0) is 0 Å². The third kappa shape index (κ3) is 4.22. The highest BCUT2D eigenvalue weighted by atomic mass is 32.2. The molecule has 21 heavy (non-hydrogen) atoms. The lowest BCUT2D eigenvalue weighted by Crippen LogP contribution is -2.23. The van der Waals surface area contributed by atoms with Gasteiger partial charge in [-0.05, 0) is 48.5 Å². The molecule has 1 N–H and O–H groups in total. The van der Waals surface area contributed by atoms with Crippen molar-refractivity contribution >= 4 is 11.8 Å². The minimum absolute atomic E-state index is 0.142. The molecule has 4 heteroatoms. The van der Waals surface area contributed by atoms with Crippen LogP contribution in [0.25, 0.3) is 0 Å². The molecule has 112 valence electrons. The van der Waals surface area contributed by atoms with E-state index in [1.165, 1.54) is 10.5 Å². The van der Waals surface area contributed by atoms with Crippen LogP contribution < -0.4 is 10.1 Å². The van der Waals surface area contributed by atoms with Crippen LogP contribution in [0.2, 0.25) is 0 Å². The first-order valence-electron chi connectivity index (χ1n) is 7.14. The molecule has 0 spiro atoms. The van der Waals surface area contributed by atoms with Crippen molar-refractivity contribution in [3.63, 3.8) is 0 Å². The van der Waals surface area contributed by atoms with Crippen LogP contribution in [0.5, 0.6) is 5.75 Å². The number of thioether (sulfide) groups is 1. The number of benzene rings is 1. The van der Waals surface area contributed by atoms with Crippen LogP contribution in [0, 0.1) is 0 Å². The summed E-state index contributed by atoms with van der Waals surface area (Å²) in [5.74, 6) is 0.788. The van der Waals surface area contributed by atoms with Gasteiger partial charge in [-0.15, -0.1) is 11.8 Å². The average Bonchev–Trinajstić information content (AvgIpc) is 2.56. The van der Waals surface area contributed by atoms with E-state index in [9.17, 15) is 0 Å². The first kappa shape index (κ1) is 15.9. The van der Waals surface area contributed by atoms with Crippen LogP contribution in [0.1, 0.15) is 30.5 Å². The van der Waals surface area contributed by atoms with Gasteiger partial charge in [0.2, 0.25) is 0 Å². The number of hydrogen-bond donors (Lipinski definition) is 1. The molecule has 0 amide bonds. The van der Waals surface area contributed by atoms with Crippen LogP contribution in [0.4, 0.5) is 0 Å².